The zero-order chi connectivity index (χ0) is 28.5. The molecule has 4 unspecified atom stereocenters. The summed E-state index contributed by atoms with van der Waals surface area (Å²) in [7, 11) is 0. The second-order valence-electron chi connectivity index (χ2n) is 10.5. The van der Waals surface area contributed by atoms with Crippen LogP contribution in [0.15, 0.2) is 0 Å². The maximum absolute atomic E-state index is 14.1. The van der Waals surface area contributed by atoms with Crippen molar-refractivity contribution in [2.24, 2.45) is 5.92 Å². The van der Waals surface area contributed by atoms with Crippen LogP contribution >= 0.6 is 46.0 Å². The molecule has 0 spiro atoms. The fourth-order valence-corrected chi connectivity index (χ4v) is 6.79. The van der Waals surface area contributed by atoms with E-state index in [1.54, 1.807) is 13.2 Å². The molecule has 2 saturated heterocycles. The SMILES string of the molecule is CCCC(I)C(F)(F)CNCCC[C@H]1CCN[C@@H](C(=O)N[C@H]([C@@H]2OC(SC)[C@H](O)C(O)C2O)[C@@H](C)Cl)CC1. The van der Waals surface area contributed by atoms with Crippen LogP contribution in [0.1, 0.15) is 58.8 Å². The molecule has 0 aromatic rings. The molecule has 13 heteroatoms. The molecule has 38 heavy (non-hydrogen) atoms. The number of ether oxygens (including phenoxy) is 1. The minimum Gasteiger partial charge on any atom is -0.388 e. The number of hydrogen-bond acceptors (Lipinski definition) is 8. The number of halogens is 4. The molecule has 0 saturated carbocycles. The summed E-state index contributed by atoms with van der Waals surface area (Å²) in [5.74, 6) is -2.58. The second kappa shape index (κ2) is 16.8. The summed E-state index contributed by atoms with van der Waals surface area (Å²) in [4.78, 5) is 13.1. The minimum atomic E-state index is -2.71. The van der Waals surface area contributed by atoms with E-state index in [0.717, 1.165) is 32.1 Å². The summed E-state index contributed by atoms with van der Waals surface area (Å²) in [5.41, 5.74) is -0.759. The van der Waals surface area contributed by atoms with E-state index < -0.39 is 57.2 Å². The summed E-state index contributed by atoms with van der Waals surface area (Å²) in [6.45, 7) is 4.48. The number of amides is 1. The molecule has 8 nitrogen and oxygen atoms in total. The van der Waals surface area contributed by atoms with Gasteiger partial charge in [-0.1, -0.05) is 35.9 Å². The molecule has 0 aromatic carbocycles. The monoisotopic (exact) mass is 699 g/mol. The first-order chi connectivity index (χ1) is 17.9. The van der Waals surface area contributed by atoms with Gasteiger partial charge in [-0.2, -0.15) is 0 Å². The van der Waals surface area contributed by atoms with Gasteiger partial charge in [0.1, 0.15) is 29.9 Å². The van der Waals surface area contributed by atoms with Crippen LogP contribution in [0.25, 0.3) is 0 Å². The summed E-state index contributed by atoms with van der Waals surface area (Å²) in [5, 5.41) is 39.5. The Bertz CT molecular complexity index is 718. The highest BCUT2D eigenvalue weighted by Gasteiger charge is 2.48. The Labute approximate surface area is 248 Å². The average Bonchev–Trinajstić information content (AvgIpc) is 3.12. The van der Waals surface area contributed by atoms with Crippen molar-refractivity contribution in [3.05, 3.63) is 0 Å². The lowest BCUT2D eigenvalue weighted by molar-refractivity contribution is -0.205. The first-order valence-corrected chi connectivity index (χ1v) is 16.5. The van der Waals surface area contributed by atoms with E-state index in [0.29, 0.717) is 31.8 Å². The number of hydrogen-bond donors (Lipinski definition) is 6. The first-order valence-electron chi connectivity index (χ1n) is 13.6. The topological polar surface area (TPSA) is 123 Å². The van der Waals surface area contributed by atoms with Crippen LogP contribution < -0.4 is 16.0 Å². The Morgan fingerprint density at radius 2 is 1.95 bits per heavy atom. The smallest absolute Gasteiger partial charge is 0.271 e. The Kier molecular flexibility index (Phi) is 15.3. The number of nitrogens with one attached hydrogen (secondary N) is 3. The lowest BCUT2D eigenvalue weighted by Crippen LogP contribution is -2.65. The van der Waals surface area contributed by atoms with E-state index >= 15 is 0 Å². The van der Waals surface area contributed by atoms with E-state index in [1.807, 2.05) is 29.5 Å². The molecule has 2 rings (SSSR count). The van der Waals surface area contributed by atoms with Gasteiger partial charge in [0.25, 0.3) is 5.92 Å². The van der Waals surface area contributed by atoms with Crippen LogP contribution in [-0.4, -0.2) is 104 Å². The average molecular weight is 700 g/mol. The van der Waals surface area contributed by atoms with Crippen molar-refractivity contribution in [2.45, 2.75) is 116 Å². The van der Waals surface area contributed by atoms with Crippen molar-refractivity contribution in [2.75, 3.05) is 25.9 Å². The van der Waals surface area contributed by atoms with Gasteiger partial charge in [-0.25, -0.2) is 8.78 Å². The molecule has 2 aliphatic heterocycles. The maximum Gasteiger partial charge on any atom is 0.271 e. The molecule has 2 heterocycles. The van der Waals surface area contributed by atoms with Crippen LogP contribution in [-0.2, 0) is 9.53 Å². The summed E-state index contributed by atoms with van der Waals surface area (Å²) >= 11 is 9.41. The van der Waals surface area contributed by atoms with Gasteiger partial charge in [-0.05, 0) is 70.7 Å². The van der Waals surface area contributed by atoms with Gasteiger partial charge in [0.2, 0.25) is 5.91 Å². The van der Waals surface area contributed by atoms with Gasteiger partial charge >= 0.3 is 0 Å². The quantitative estimate of drug-likeness (QED) is 0.0931. The molecular formula is C25H45ClF2IN3O5S. The number of alkyl halides is 4. The van der Waals surface area contributed by atoms with Crippen LogP contribution in [0.5, 0.6) is 0 Å². The second-order valence-corrected chi connectivity index (χ2v) is 13.6. The van der Waals surface area contributed by atoms with Crippen LogP contribution in [0, 0.1) is 5.92 Å². The number of aliphatic hydroxyl groups excluding tert-OH is 3. The molecule has 6 N–H and O–H groups in total. The number of aliphatic hydroxyl groups is 3. The molecule has 0 bridgehead atoms. The normalized spacial score (nSPS) is 33.3. The van der Waals surface area contributed by atoms with Crippen molar-refractivity contribution < 1.29 is 33.6 Å². The number of carbonyl (C=O) groups excluding carboxylic acids is 1. The first kappa shape index (κ1) is 34.7. The van der Waals surface area contributed by atoms with Crippen molar-refractivity contribution in [1.29, 1.82) is 0 Å². The molecule has 1 amide bonds. The molecule has 0 radical (unpaired) electrons. The van der Waals surface area contributed by atoms with Gasteiger partial charge < -0.3 is 36.0 Å². The highest BCUT2D eigenvalue weighted by molar-refractivity contribution is 14.1. The van der Waals surface area contributed by atoms with E-state index in [1.165, 1.54) is 11.8 Å². The Morgan fingerprint density at radius 3 is 2.58 bits per heavy atom. The van der Waals surface area contributed by atoms with Crippen molar-refractivity contribution in [3.63, 3.8) is 0 Å². The summed E-state index contributed by atoms with van der Waals surface area (Å²) < 4.78 is 33.4. The van der Waals surface area contributed by atoms with E-state index in [9.17, 15) is 28.9 Å². The summed E-state index contributed by atoms with van der Waals surface area (Å²) in [6, 6.07) is -1.22. The molecule has 10 atom stereocenters. The highest BCUT2D eigenvalue weighted by atomic mass is 127. The van der Waals surface area contributed by atoms with Gasteiger partial charge in [-0.3, -0.25) is 4.79 Å². The molecule has 0 aromatic heterocycles. The minimum absolute atomic E-state index is 0.260. The zero-order valence-electron chi connectivity index (χ0n) is 22.4. The van der Waals surface area contributed by atoms with Gasteiger partial charge in [0, 0.05) is 0 Å². The van der Waals surface area contributed by atoms with Crippen LogP contribution in [0.2, 0.25) is 0 Å². The van der Waals surface area contributed by atoms with Gasteiger partial charge in [0.05, 0.1) is 27.9 Å². The fraction of sp³-hybridized carbons (Fsp3) is 0.960. The van der Waals surface area contributed by atoms with Gasteiger partial charge in [0.15, 0.2) is 0 Å². The third-order valence-corrected chi connectivity index (χ3v) is 10.1. The van der Waals surface area contributed by atoms with Crippen molar-refractivity contribution in [3.8, 4) is 0 Å². The van der Waals surface area contributed by atoms with Crippen LogP contribution in [0.4, 0.5) is 8.78 Å². The fourth-order valence-electron chi connectivity index (χ4n) is 5.06. The van der Waals surface area contributed by atoms with Crippen molar-refractivity contribution >= 4 is 51.9 Å². The number of thioether (sulfide) groups is 1. The Hall–Kier alpha value is 0.460. The largest absolute Gasteiger partial charge is 0.388 e. The molecular weight excluding hydrogens is 655 g/mol. The molecule has 0 aliphatic carbocycles. The lowest BCUT2D eigenvalue weighted by Gasteiger charge is -2.44. The lowest BCUT2D eigenvalue weighted by atomic mass is 9.92. The predicted octanol–water partition coefficient (Wildman–Crippen LogP) is 2.64. The maximum atomic E-state index is 14.1. The third-order valence-electron chi connectivity index (χ3n) is 7.45. The Balaban J connectivity index is 1.82. The number of rotatable bonds is 14. The van der Waals surface area contributed by atoms with Crippen LogP contribution in [0.3, 0.4) is 0 Å². The van der Waals surface area contributed by atoms with E-state index in [-0.39, 0.29) is 12.5 Å². The predicted molar refractivity (Wildman–Crippen MR) is 156 cm³/mol. The molecule has 2 aliphatic rings. The number of carbonyl (C=O) groups is 1. The highest BCUT2D eigenvalue weighted by Crippen LogP contribution is 2.31. The van der Waals surface area contributed by atoms with Crippen molar-refractivity contribution in [1.82, 2.24) is 16.0 Å². The van der Waals surface area contributed by atoms with Gasteiger partial charge in [-0.15, -0.1) is 23.4 Å². The van der Waals surface area contributed by atoms with E-state index in [2.05, 4.69) is 16.0 Å². The molecule has 224 valence electrons. The zero-order valence-corrected chi connectivity index (χ0v) is 26.2. The summed E-state index contributed by atoms with van der Waals surface area (Å²) in [6.07, 6.45) is 1.93. The molecule has 2 fully saturated rings. The van der Waals surface area contributed by atoms with E-state index in [4.69, 9.17) is 16.3 Å². The standard InChI is InChI=1S/C25H45ClF2IN3O5S/c1-4-6-17(29)25(27,28)13-30-11-5-7-15-8-9-16(31-12-10-15)23(36)32-18(14(2)26)22-20(34)19(33)21(35)24(37-22)38-3/h14-22,24,30-31,33-35H,4-13H2,1-3H3,(H,32,36)/t14-,15-,16-,17?,18+,19?,20?,21-,22+,24?/m1/s1. The Morgan fingerprint density at radius 1 is 1.24 bits per heavy atom. The third kappa shape index (κ3) is 10.1.